The molecular formula is C33H28N2O3. The zero-order chi connectivity index (χ0) is 26.5. The summed E-state index contributed by atoms with van der Waals surface area (Å²) >= 11 is 0. The SMILES string of the molecule is Cn1c(=O)c(C(=O)/C=C/C[C@H](c2ccccc2)N(c2ccccc2)c2ccccc2)c(O)c2ccccc21. The van der Waals surface area contributed by atoms with Crippen LogP contribution in [0.25, 0.3) is 10.9 Å². The number of carbonyl (C=O) groups excluding carboxylic acids is 1. The minimum Gasteiger partial charge on any atom is -0.506 e. The van der Waals surface area contributed by atoms with E-state index in [0.29, 0.717) is 17.3 Å². The topological polar surface area (TPSA) is 62.5 Å². The maximum Gasteiger partial charge on any atom is 0.265 e. The lowest BCUT2D eigenvalue weighted by molar-refractivity contribution is 0.104. The van der Waals surface area contributed by atoms with E-state index in [4.69, 9.17) is 0 Å². The number of hydrogen-bond acceptors (Lipinski definition) is 4. The molecule has 0 aliphatic heterocycles. The molecule has 1 aromatic heterocycles. The molecule has 5 heteroatoms. The number of hydrogen-bond donors (Lipinski definition) is 1. The third-order valence-electron chi connectivity index (χ3n) is 6.72. The number of rotatable bonds is 8. The van der Waals surface area contributed by atoms with Crippen molar-refractivity contribution < 1.29 is 9.90 Å². The van der Waals surface area contributed by atoms with E-state index in [1.165, 1.54) is 10.6 Å². The summed E-state index contributed by atoms with van der Waals surface area (Å²) in [6, 6.07) is 37.3. The number of ketones is 1. The van der Waals surface area contributed by atoms with E-state index < -0.39 is 11.3 Å². The van der Waals surface area contributed by atoms with Gasteiger partial charge in [-0.2, -0.15) is 0 Å². The Bertz CT molecular complexity index is 1600. The van der Waals surface area contributed by atoms with Crippen LogP contribution in [-0.2, 0) is 7.05 Å². The third-order valence-corrected chi connectivity index (χ3v) is 6.72. The fraction of sp³-hybridized carbons (Fsp3) is 0.0909. The van der Waals surface area contributed by atoms with Crippen LogP contribution in [0.5, 0.6) is 5.75 Å². The lowest BCUT2D eigenvalue weighted by Gasteiger charge is -2.34. The predicted octanol–water partition coefficient (Wildman–Crippen LogP) is 6.95. The van der Waals surface area contributed by atoms with Gasteiger partial charge in [0.2, 0.25) is 0 Å². The van der Waals surface area contributed by atoms with Crippen LogP contribution in [0, 0.1) is 0 Å². The second kappa shape index (κ2) is 11.0. The second-order valence-corrected chi connectivity index (χ2v) is 9.07. The molecule has 5 nitrogen and oxygen atoms in total. The number of carbonyl (C=O) groups is 1. The number of allylic oxidation sites excluding steroid dienone is 1. The quantitative estimate of drug-likeness (QED) is 0.185. The Morgan fingerprint density at radius 3 is 1.95 bits per heavy atom. The number of aryl methyl sites for hydroxylation is 1. The number of benzene rings is 4. The Hall–Kier alpha value is -4.90. The van der Waals surface area contributed by atoms with Gasteiger partial charge in [0.25, 0.3) is 5.56 Å². The molecule has 0 aliphatic carbocycles. The first-order chi connectivity index (χ1) is 18.6. The summed E-state index contributed by atoms with van der Waals surface area (Å²) in [6.07, 6.45) is 3.68. The number of pyridine rings is 1. The molecule has 0 fully saturated rings. The Balaban J connectivity index is 1.53. The lowest BCUT2D eigenvalue weighted by Crippen LogP contribution is -2.24. The van der Waals surface area contributed by atoms with E-state index in [0.717, 1.165) is 16.9 Å². The van der Waals surface area contributed by atoms with Crippen LogP contribution in [0.15, 0.2) is 132 Å². The fourth-order valence-corrected chi connectivity index (χ4v) is 4.84. The van der Waals surface area contributed by atoms with Crippen molar-refractivity contribution in [1.82, 2.24) is 4.57 Å². The average molecular weight is 501 g/mol. The number of para-hydroxylation sites is 3. The van der Waals surface area contributed by atoms with Gasteiger partial charge < -0.3 is 14.6 Å². The maximum absolute atomic E-state index is 13.2. The van der Waals surface area contributed by atoms with Crippen molar-refractivity contribution in [3.05, 3.63) is 149 Å². The molecular weight excluding hydrogens is 472 g/mol. The van der Waals surface area contributed by atoms with E-state index in [2.05, 4.69) is 41.3 Å². The zero-order valence-corrected chi connectivity index (χ0v) is 21.1. The van der Waals surface area contributed by atoms with Crippen LogP contribution in [0.4, 0.5) is 11.4 Å². The summed E-state index contributed by atoms with van der Waals surface area (Å²) in [5, 5.41) is 11.3. The van der Waals surface area contributed by atoms with E-state index in [-0.39, 0.29) is 17.4 Å². The first-order valence-corrected chi connectivity index (χ1v) is 12.5. The number of aromatic hydroxyl groups is 1. The molecule has 0 bridgehead atoms. The van der Waals surface area contributed by atoms with Gasteiger partial charge in [0.05, 0.1) is 11.6 Å². The standard InChI is InChI=1S/C33H28N2O3/c1-34-29-21-12-11-20-27(29)32(37)31(33(34)38)30(36)23-13-22-28(24-14-5-2-6-15-24)35(25-16-7-3-8-17-25)26-18-9-4-10-19-26/h2-21,23,28,37H,22H2,1H3/b23-13+/t28-/m1/s1. The minimum absolute atomic E-state index is 0.127. The Kier molecular flexibility index (Phi) is 7.18. The van der Waals surface area contributed by atoms with Crippen LogP contribution in [0.3, 0.4) is 0 Å². The molecule has 0 unspecified atom stereocenters. The molecule has 188 valence electrons. The van der Waals surface area contributed by atoms with Gasteiger partial charge in [-0.3, -0.25) is 9.59 Å². The van der Waals surface area contributed by atoms with Gasteiger partial charge in [-0.05, 0) is 54.5 Å². The first kappa shape index (κ1) is 24.8. The normalized spacial score (nSPS) is 12.0. The smallest absolute Gasteiger partial charge is 0.265 e. The molecule has 0 amide bonds. The summed E-state index contributed by atoms with van der Waals surface area (Å²) in [5.41, 5.74) is 2.96. The summed E-state index contributed by atoms with van der Waals surface area (Å²) in [4.78, 5) is 28.5. The largest absolute Gasteiger partial charge is 0.506 e. The van der Waals surface area contributed by atoms with Crippen LogP contribution in [0.2, 0.25) is 0 Å². The molecule has 4 aromatic carbocycles. The highest BCUT2D eigenvalue weighted by Gasteiger charge is 2.23. The van der Waals surface area contributed by atoms with Gasteiger partial charge in [0, 0.05) is 23.8 Å². The molecule has 5 aromatic rings. The van der Waals surface area contributed by atoms with Crippen LogP contribution in [0.1, 0.15) is 28.4 Å². The summed E-state index contributed by atoms with van der Waals surface area (Å²) in [7, 11) is 1.60. The van der Waals surface area contributed by atoms with Gasteiger partial charge in [-0.1, -0.05) is 84.9 Å². The molecule has 1 atom stereocenters. The van der Waals surface area contributed by atoms with Crippen molar-refractivity contribution in [2.45, 2.75) is 12.5 Å². The van der Waals surface area contributed by atoms with Crippen LogP contribution >= 0.6 is 0 Å². The Morgan fingerprint density at radius 2 is 1.34 bits per heavy atom. The Morgan fingerprint density at radius 1 is 0.816 bits per heavy atom. The van der Waals surface area contributed by atoms with Crippen molar-refractivity contribution in [3.63, 3.8) is 0 Å². The molecule has 0 radical (unpaired) electrons. The molecule has 0 saturated carbocycles. The lowest BCUT2D eigenvalue weighted by atomic mass is 9.99. The van der Waals surface area contributed by atoms with Gasteiger partial charge >= 0.3 is 0 Å². The summed E-state index contributed by atoms with van der Waals surface area (Å²) in [5.74, 6) is -0.806. The minimum atomic E-state index is -0.523. The number of anilines is 2. The van der Waals surface area contributed by atoms with Crippen molar-refractivity contribution in [1.29, 1.82) is 0 Å². The molecule has 0 aliphatic rings. The third kappa shape index (κ3) is 4.87. The molecule has 0 saturated heterocycles. The number of nitrogens with zero attached hydrogens (tertiary/aromatic N) is 2. The highest BCUT2D eigenvalue weighted by atomic mass is 16.3. The van der Waals surface area contributed by atoms with E-state index in [9.17, 15) is 14.7 Å². The molecule has 1 heterocycles. The van der Waals surface area contributed by atoms with Crippen molar-refractivity contribution >= 4 is 28.1 Å². The summed E-state index contributed by atoms with van der Waals surface area (Å²) < 4.78 is 1.40. The fourth-order valence-electron chi connectivity index (χ4n) is 4.84. The van der Waals surface area contributed by atoms with Gasteiger partial charge in [-0.25, -0.2) is 0 Å². The van der Waals surface area contributed by atoms with Crippen molar-refractivity contribution in [3.8, 4) is 5.75 Å². The second-order valence-electron chi connectivity index (χ2n) is 9.07. The van der Waals surface area contributed by atoms with Crippen LogP contribution in [-0.4, -0.2) is 15.5 Å². The van der Waals surface area contributed by atoms with Crippen LogP contribution < -0.4 is 10.5 Å². The monoisotopic (exact) mass is 500 g/mol. The highest BCUT2D eigenvalue weighted by molar-refractivity contribution is 6.09. The highest BCUT2D eigenvalue weighted by Crippen LogP contribution is 2.37. The zero-order valence-electron chi connectivity index (χ0n) is 21.1. The van der Waals surface area contributed by atoms with E-state index in [1.807, 2.05) is 54.6 Å². The first-order valence-electron chi connectivity index (χ1n) is 12.5. The predicted molar refractivity (Wildman–Crippen MR) is 153 cm³/mol. The molecule has 0 spiro atoms. The van der Waals surface area contributed by atoms with Gasteiger partial charge in [0.1, 0.15) is 11.3 Å². The average Bonchev–Trinajstić information content (AvgIpc) is 2.97. The van der Waals surface area contributed by atoms with E-state index in [1.54, 1.807) is 37.4 Å². The van der Waals surface area contributed by atoms with Crippen molar-refractivity contribution in [2.75, 3.05) is 4.90 Å². The van der Waals surface area contributed by atoms with Gasteiger partial charge in [-0.15, -0.1) is 0 Å². The van der Waals surface area contributed by atoms with Crippen molar-refractivity contribution in [2.24, 2.45) is 7.05 Å². The molecule has 5 rings (SSSR count). The number of fused-ring (bicyclic) bond motifs is 1. The van der Waals surface area contributed by atoms with E-state index >= 15 is 0 Å². The number of aromatic nitrogens is 1. The molecule has 1 N–H and O–H groups in total. The molecule has 38 heavy (non-hydrogen) atoms. The maximum atomic E-state index is 13.2. The summed E-state index contributed by atoms with van der Waals surface area (Å²) in [6.45, 7) is 0. The Labute approximate surface area is 221 Å². The van der Waals surface area contributed by atoms with Gasteiger partial charge in [0.15, 0.2) is 5.78 Å².